The number of anilines is 1. The van der Waals surface area contributed by atoms with Crippen molar-refractivity contribution < 1.29 is 0 Å². The number of likely N-dealkylation sites (N-methyl/N-ethyl adjacent to an activating group) is 1. The number of hydrogen-bond donors (Lipinski definition) is 1. The summed E-state index contributed by atoms with van der Waals surface area (Å²) in [5, 5.41) is 0. The Morgan fingerprint density at radius 1 is 1.29 bits per heavy atom. The van der Waals surface area contributed by atoms with Crippen molar-refractivity contribution in [2.45, 2.75) is 20.3 Å². The molecular formula is C9H17N5. The molecule has 5 nitrogen and oxygen atoms in total. The van der Waals surface area contributed by atoms with Gasteiger partial charge in [0.1, 0.15) is 12.2 Å². The fourth-order valence-electron chi connectivity index (χ4n) is 1.26. The van der Waals surface area contributed by atoms with Crippen LogP contribution in [-0.4, -0.2) is 39.5 Å². The first kappa shape index (κ1) is 10.8. The Balaban J connectivity index is 2.44. The molecule has 78 valence electrons. The molecule has 1 aromatic heterocycles. The molecule has 0 aromatic carbocycles. The molecule has 0 fully saturated rings. The fourth-order valence-corrected chi connectivity index (χ4v) is 1.26. The van der Waals surface area contributed by atoms with Gasteiger partial charge in [-0.1, -0.05) is 13.8 Å². The average Bonchev–Trinajstić information content (AvgIpc) is 2.19. The van der Waals surface area contributed by atoms with E-state index in [1.54, 1.807) is 0 Å². The van der Waals surface area contributed by atoms with Crippen LogP contribution in [0.3, 0.4) is 0 Å². The van der Waals surface area contributed by atoms with E-state index in [1.165, 1.54) is 6.33 Å². The topological polar surface area (TPSA) is 67.9 Å². The predicted octanol–water partition coefficient (Wildman–Crippen LogP) is 0.338. The van der Waals surface area contributed by atoms with E-state index in [-0.39, 0.29) is 0 Å². The molecule has 0 amide bonds. The zero-order valence-electron chi connectivity index (χ0n) is 8.77. The van der Waals surface area contributed by atoms with Crippen LogP contribution < -0.4 is 5.73 Å². The molecule has 0 aliphatic heterocycles. The van der Waals surface area contributed by atoms with Crippen LogP contribution in [0.2, 0.25) is 0 Å². The SMILES string of the molecule is CCN(CC)CCc1ncnc(N)n1. The molecule has 0 atom stereocenters. The summed E-state index contributed by atoms with van der Waals surface area (Å²) in [6.07, 6.45) is 2.29. The lowest BCUT2D eigenvalue weighted by Crippen LogP contribution is -2.25. The van der Waals surface area contributed by atoms with Gasteiger partial charge in [0.05, 0.1) is 0 Å². The average molecular weight is 195 g/mol. The molecule has 0 saturated heterocycles. The van der Waals surface area contributed by atoms with Gasteiger partial charge in [0.25, 0.3) is 0 Å². The Kier molecular flexibility index (Phi) is 4.25. The molecule has 5 heteroatoms. The van der Waals surface area contributed by atoms with Crippen molar-refractivity contribution in [2.24, 2.45) is 0 Å². The van der Waals surface area contributed by atoms with Crippen molar-refractivity contribution in [2.75, 3.05) is 25.4 Å². The van der Waals surface area contributed by atoms with E-state index in [9.17, 15) is 0 Å². The summed E-state index contributed by atoms with van der Waals surface area (Å²) < 4.78 is 0. The maximum absolute atomic E-state index is 5.45. The van der Waals surface area contributed by atoms with Gasteiger partial charge < -0.3 is 10.6 Å². The van der Waals surface area contributed by atoms with E-state index < -0.39 is 0 Å². The number of nitrogens with two attached hydrogens (primary N) is 1. The van der Waals surface area contributed by atoms with Crippen molar-refractivity contribution in [1.82, 2.24) is 19.9 Å². The second kappa shape index (κ2) is 5.49. The van der Waals surface area contributed by atoms with Gasteiger partial charge >= 0.3 is 0 Å². The van der Waals surface area contributed by atoms with E-state index in [4.69, 9.17) is 5.73 Å². The minimum Gasteiger partial charge on any atom is -0.368 e. The van der Waals surface area contributed by atoms with Gasteiger partial charge in [0.2, 0.25) is 5.95 Å². The van der Waals surface area contributed by atoms with Gasteiger partial charge in [-0.25, -0.2) is 9.97 Å². The van der Waals surface area contributed by atoms with Crippen LogP contribution in [0.4, 0.5) is 5.95 Å². The Morgan fingerprint density at radius 2 is 2.00 bits per heavy atom. The first-order valence-electron chi connectivity index (χ1n) is 4.92. The van der Waals surface area contributed by atoms with E-state index in [0.717, 1.165) is 31.9 Å². The summed E-state index contributed by atoms with van der Waals surface area (Å²) in [7, 11) is 0. The Bertz CT molecular complexity index is 272. The minimum absolute atomic E-state index is 0.301. The zero-order valence-corrected chi connectivity index (χ0v) is 8.77. The first-order valence-corrected chi connectivity index (χ1v) is 4.92. The van der Waals surface area contributed by atoms with E-state index >= 15 is 0 Å². The molecule has 0 aliphatic carbocycles. The molecule has 1 rings (SSSR count). The van der Waals surface area contributed by atoms with Crippen molar-refractivity contribution in [3.63, 3.8) is 0 Å². The summed E-state index contributed by atoms with van der Waals surface area (Å²) in [5.41, 5.74) is 5.45. The van der Waals surface area contributed by atoms with E-state index in [1.807, 2.05) is 0 Å². The smallest absolute Gasteiger partial charge is 0.223 e. The number of nitrogen functional groups attached to an aromatic ring is 1. The van der Waals surface area contributed by atoms with Gasteiger partial charge in [-0.3, -0.25) is 0 Å². The minimum atomic E-state index is 0.301. The van der Waals surface area contributed by atoms with Crippen LogP contribution in [0.1, 0.15) is 19.7 Å². The highest BCUT2D eigenvalue weighted by Gasteiger charge is 2.02. The van der Waals surface area contributed by atoms with Gasteiger partial charge in [0.15, 0.2) is 0 Å². The second-order valence-corrected chi connectivity index (χ2v) is 3.04. The Labute approximate surface area is 84.4 Å². The standard InChI is InChI=1S/C9H17N5/c1-3-14(4-2)6-5-8-11-7-12-9(10)13-8/h7H,3-6H2,1-2H3,(H2,10,11,12,13). The van der Waals surface area contributed by atoms with Crippen molar-refractivity contribution in [3.05, 3.63) is 12.2 Å². The van der Waals surface area contributed by atoms with Crippen molar-refractivity contribution in [1.29, 1.82) is 0 Å². The lowest BCUT2D eigenvalue weighted by atomic mass is 10.3. The maximum Gasteiger partial charge on any atom is 0.223 e. The predicted molar refractivity (Wildman–Crippen MR) is 55.7 cm³/mol. The van der Waals surface area contributed by atoms with Crippen molar-refractivity contribution >= 4 is 5.95 Å². The summed E-state index contributed by atoms with van der Waals surface area (Å²) >= 11 is 0. The van der Waals surface area contributed by atoms with Gasteiger partial charge in [-0.05, 0) is 13.1 Å². The molecule has 0 unspecified atom stereocenters. The largest absolute Gasteiger partial charge is 0.368 e. The quantitative estimate of drug-likeness (QED) is 0.733. The van der Waals surface area contributed by atoms with Crippen LogP contribution in [0.25, 0.3) is 0 Å². The number of rotatable bonds is 5. The maximum atomic E-state index is 5.45. The monoisotopic (exact) mass is 195 g/mol. The van der Waals surface area contributed by atoms with Crippen molar-refractivity contribution in [3.8, 4) is 0 Å². The van der Waals surface area contributed by atoms with Crippen LogP contribution in [-0.2, 0) is 6.42 Å². The zero-order chi connectivity index (χ0) is 10.4. The summed E-state index contributed by atoms with van der Waals surface area (Å²) in [4.78, 5) is 14.2. The number of aromatic nitrogens is 3. The molecule has 14 heavy (non-hydrogen) atoms. The van der Waals surface area contributed by atoms with Crippen LogP contribution in [0.15, 0.2) is 6.33 Å². The Morgan fingerprint density at radius 3 is 2.57 bits per heavy atom. The third kappa shape index (κ3) is 3.26. The molecule has 0 bridgehead atoms. The molecule has 0 aliphatic rings. The highest BCUT2D eigenvalue weighted by molar-refractivity contribution is 5.12. The van der Waals surface area contributed by atoms with Crippen LogP contribution in [0, 0.1) is 0 Å². The van der Waals surface area contributed by atoms with E-state index in [2.05, 4.69) is 33.7 Å². The van der Waals surface area contributed by atoms with Gasteiger partial charge in [0, 0.05) is 13.0 Å². The first-order chi connectivity index (χ1) is 6.76. The van der Waals surface area contributed by atoms with Crippen LogP contribution >= 0.6 is 0 Å². The number of nitrogens with zero attached hydrogens (tertiary/aromatic N) is 4. The highest BCUT2D eigenvalue weighted by atomic mass is 15.1. The molecule has 0 saturated carbocycles. The second-order valence-electron chi connectivity index (χ2n) is 3.04. The third-order valence-corrected chi connectivity index (χ3v) is 2.19. The van der Waals surface area contributed by atoms with Crippen LogP contribution in [0.5, 0.6) is 0 Å². The molecule has 1 heterocycles. The highest BCUT2D eigenvalue weighted by Crippen LogP contribution is 1.96. The molecular weight excluding hydrogens is 178 g/mol. The molecule has 0 radical (unpaired) electrons. The number of hydrogen-bond acceptors (Lipinski definition) is 5. The fraction of sp³-hybridized carbons (Fsp3) is 0.667. The summed E-state index contributed by atoms with van der Waals surface area (Å²) in [5.74, 6) is 1.07. The van der Waals surface area contributed by atoms with Gasteiger partial charge in [-0.15, -0.1) is 0 Å². The van der Waals surface area contributed by atoms with E-state index in [0.29, 0.717) is 5.95 Å². The lowest BCUT2D eigenvalue weighted by Gasteiger charge is -2.16. The Hall–Kier alpha value is -1.23. The molecule has 1 aromatic rings. The third-order valence-electron chi connectivity index (χ3n) is 2.19. The van der Waals surface area contributed by atoms with Gasteiger partial charge in [-0.2, -0.15) is 4.98 Å². The normalized spacial score (nSPS) is 10.8. The summed E-state index contributed by atoms with van der Waals surface area (Å²) in [6, 6.07) is 0. The molecule has 2 N–H and O–H groups in total. The molecule has 0 spiro atoms. The lowest BCUT2D eigenvalue weighted by molar-refractivity contribution is 0.305. The summed E-state index contributed by atoms with van der Waals surface area (Å²) in [6.45, 7) is 7.36.